The molecule has 0 saturated carbocycles. The molecule has 0 aliphatic carbocycles. The lowest BCUT2D eigenvalue weighted by Crippen LogP contribution is -2.12. The molecule has 0 fully saturated rings. The fourth-order valence-electron chi connectivity index (χ4n) is 1.40. The van der Waals surface area contributed by atoms with E-state index in [1.807, 2.05) is 6.92 Å². The summed E-state index contributed by atoms with van der Waals surface area (Å²) in [6.45, 7) is 6.97. The summed E-state index contributed by atoms with van der Waals surface area (Å²) in [5.74, 6) is -0.535. The summed E-state index contributed by atoms with van der Waals surface area (Å²) in [4.78, 5) is 11.4. The minimum atomic E-state index is -3.31. The molecule has 1 rings (SSSR count). The summed E-state index contributed by atoms with van der Waals surface area (Å²) in [7, 11) is -3.31. The van der Waals surface area contributed by atoms with Crippen LogP contribution in [0.15, 0.2) is 41.3 Å². The van der Waals surface area contributed by atoms with Crippen LogP contribution in [0.25, 0.3) is 0 Å². The van der Waals surface area contributed by atoms with Crippen molar-refractivity contribution >= 4 is 15.8 Å². The predicted octanol–water partition coefficient (Wildman–Crippen LogP) is 2.28. The van der Waals surface area contributed by atoms with Gasteiger partial charge in [0.25, 0.3) is 0 Å². The number of sulfone groups is 1. The van der Waals surface area contributed by atoms with Crippen molar-refractivity contribution in [3.05, 3.63) is 42.0 Å². The van der Waals surface area contributed by atoms with Crippen LogP contribution in [-0.2, 0) is 19.4 Å². The molecule has 0 N–H and O–H groups in total. The van der Waals surface area contributed by atoms with E-state index >= 15 is 0 Å². The number of hydrogen-bond donors (Lipinski definition) is 0. The first-order valence-electron chi connectivity index (χ1n) is 5.95. The quantitative estimate of drug-likeness (QED) is 0.456. The van der Waals surface area contributed by atoms with Gasteiger partial charge in [0.2, 0.25) is 0 Å². The van der Waals surface area contributed by atoms with Crippen LogP contribution in [-0.4, -0.2) is 26.7 Å². The fraction of sp³-hybridized carbons (Fsp3) is 0.357. The predicted molar refractivity (Wildman–Crippen MR) is 73.6 cm³/mol. The van der Waals surface area contributed by atoms with Gasteiger partial charge in [-0.3, -0.25) is 0 Å². The first-order valence-corrected chi connectivity index (χ1v) is 7.60. The first-order chi connectivity index (χ1) is 8.83. The topological polar surface area (TPSA) is 60.4 Å². The van der Waals surface area contributed by atoms with Crippen LogP contribution in [0.5, 0.6) is 0 Å². The number of rotatable bonds is 6. The van der Waals surface area contributed by atoms with Crippen LogP contribution in [0.4, 0.5) is 0 Å². The number of ether oxygens (including phenoxy) is 1. The van der Waals surface area contributed by atoms with E-state index in [1.165, 1.54) is 0 Å². The van der Waals surface area contributed by atoms with Crippen molar-refractivity contribution < 1.29 is 17.9 Å². The van der Waals surface area contributed by atoms with Gasteiger partial charge in [0, 0.05) is 5.57 Å². The lowest BCUT2D eigenvalue weighted by Gasteiger charge is -2.06. The van der Waals surface area contributed by atoms with E-state index in [9.17, 15) is 13.2 Å². The number of aryl methyl sites for hydroxylation is 1. The summed E-state index contributed by atoms with van der Waals surface area (Å²) in [6.07, 6.45) is 0.273. The largest absolute Gasteiger partial charge is 0.462 e. The number of hydrogen-bond acceptors (Lipinski definition) is 4. The maximum atomic E-state index is 12.0. The highest BCUT2D eigenvalue weighted by Gasteiger charge is 2.14. The molecule has 1 aromatic rings. The molecule has 4 nitrogen and oxygen atoms in total. The molecule has 1 aromatic carbocycles. The van der Waals surface area contributed by atoms with Gasteiger partial charge in [0.15, 0.2) is 9.84 Å². The van der Waals surface area contributed by atoms with Gasteiger partial charge in [-0.05, 0) is 32.4 Å². The molecule has 104 valence electrons. The Morgan fingerprint density at radius 1 is 1.26 bits per heavy atom. The van der Waals surface area contributed by atoms with Crippen LogP contribution in [0.2, 0.25) is 0 Å². The van der Waals surface area contributed by atoms with Gasteiger partial charge >= 0.3 is 5.97 Å². The highest BCUT2D eigenvalue weighted by atomic mass is 32.2. The van der Waals surface area contributed by atoms with E-state index in [0.29, 0.717) is 10.5 Å². The zero-order valence-corrected chi connectivity index (χ0v) is 12.0. The van der Waals surface area contributed by atoms with E-state index in [0.717, 1.165) is 5.56 Å². The molecule has 0 heterocycles. The average Bonchev–Trinajstić information content (AvgIpc) is 2.34. The van der Waals surface area contributed by atoms with Crippen molar-refractivity contribution in [2.75, 3.05) is 12.4 Å². The summed E-state index contributed by atoms with van der Waals surface area (Å²) < 4.78 is 28.8. The van der Waals surface area contributed by atoms with Crippen LogP contribution in [0.3, 0.4) is 0 Å². The molecule has 0 aromatic heterocycles. The molecule has 5 heteroatoms. The first kappa shape index (κ1) is 15.4. The standard InChI is InChI=1S/C14H18O4S/c1-11(2)14(15)18-9-4-10-19(16,17)13-7-5-12(3)6-8-13/h5-8H,1,4,9-10H2,2-3H3. The van der Waals surface area contributed by atoms with E-state index in [1.54, 1.807) is 31.2 Å². The lowest BCUT2D eigenvalue weighted by molar-refractivity contribution is -0.138. The Bertz CT molecular complexity index is 556. The zero-order chi connectivity index (χ0) is 14.5. The van der Waals surface area contributed by atoms with Crippen molar-refractivity contribution in [1.29, 1.82) is 0 Å². The normalized spacial score (nSPS) is 11.1. The lowest BCUT2D eigenvalue weighted by atomic mass is 10.2. The van der Waals surface area contributed by atoms with E-state index in [4.69, 9.17) is 4.74 Å². The van der Waals surface area contributed by atoms with Gasteiger partial charge in [-0.15, -0.1) is 0 Å². The summed E-state index contributed by atoms with van der Waals surface area (Å²) >= 11 is 0. The summed E-state index contributed by atoms with van der Waals surface area (Å²) in [5, 5.41) is 0. The maximum Gasteiger partial charge on any atom is 0.333 e. The highest BCUT2D eigenvalue weighted by molar-refractivity contribution is 7.91. The minimum absolute atomic E-state index is 0.0421. The van der Waals surface area contributed by atoms with Crippen molar-refractivity contribution in [2.45, 2.75) is 25.2 Å². The van der Waals surface area contributed by atoms with E-state index in [-0.39, 0.29) is 18.8 Å². The molecule has 0 saturated heterocycles. The van der Waals surface area contributed by atoms with Crippen molar-refractivity contribution in [1.82, 2.24) is 0 Å². The molecule has 0 radical (unpaired) electrons. The Hall–Kier alpha value is -1.62. The SMILES string of the molecule is C=C(C)C(=O)OCCCS(=O)(=O)c1ccc(C)cc1. The molecular formula is C14H18O4S. The second-order valence-corrected chi connectivity index (χ2v) is 6.51. The number of esters is 1. The second-order valence-electron chi connectivity index (χ2n) is 4.40. The highest BCUT2D eigenvalue weighted by Crippen LogP contribution is 2.13. The third-order valence-corrected chi connectivity index (χ3v) is 4.34. The maximum absolute atomic E-state index is 12.0. The molecule has 0 aliphatic rings. The molecule has 0 aliphatic heterocycles. The Morgan fingerprint density at radius 2 is 1.84 bits per heavy atom. The molecular weight excluding hydrogens is 264 g/mol. The van der Waals surface area contributed by atoms with Crippen LogP contribution in [0, 0.1) is 6.92 Å². The van der Waals surface area contributed by atoms with Gasteiger partial charge in [-0.2, -0.15) is 0 Å². The Morgan fingerprint density at radius 3 is 2.37 bits per heavy atom. The number of benzene rings is 1. The Labute approximate surface area is 114 Å². The fourth-order valence-corrected chi connectivity index (χ4v) is 2.68. The van der Waals surface area contributed by atoms with Crippen LogP contribution < -0.4 is 0 Å². The van der Waals surface area contributed by atoms with Crippen molar-refractivity contribution in [2.24, 2.45) is 0 Å². The molecule has 0 unspecified atom stereocenters. The van der Waals surface area contributed by atoms with E-state index < -0.39 is 15.8 Å². The third-order valence-electron chi connectivity index (χ3n) is 2.52. The number of carbonyl (C=O) groups is 1. The molecule has 0 spiro atoms. The Kier molecular flexibility index (Phi) is 5.30. The molecule has 0 atom stereocenters. The second kappa shape index (κ2) is 6.52. The molecule has 19 heavy (non-hydrogen) atoms. The minimum Gasteiger partial charge on any atom is -0.462 e. The van der Waals surface area contributed by atoms with Crippen LogP contribution >= 0.6 is 0 Å². The summed E-state index contributed by atoms with van der Waals surface area (Å²) in [6, 6.07) is 6.69. The van der Waals surface area contributed by atoms with Crippen molar-refractivity contribution in [3.63, 3.8) is 0 Å². The smallest absolute Gasteiger partial charge is 0.333 e. The van der Waals surface area contributed by atoms with Crippen LogP contribution in [0.1, 0.15) is 18.9 Å². The number of carbonyl (C=O) groups excluding carboxylic acids is 1. The van der Waals surface area contributed by atoms with E-state index in [2.05, 4.69) is 6.58 Å². The average molecular weight is 282 g/mol. The van der Waals surface area contributed by atoms with Crippen molar-refractivity contribution in [3.8, 4) is 0 Å². The van der Waals surface area contributed by atoms with Gasteiger partial charge in [-0.25, -0.2) is 13.2 Å². The van der Waals surface area contributed by atoms with Gasteiger partial charge in [0.05, 0.1) is 17.3 Å². The van der Waals surface area contributed by atoms with Gasteiger partial charge in [0.1, 0.15) is 0 Å². The van der Waals surface area contributed by atoms with Gasteiger partial charge < -0.3 is 4.74 Å². The molecule has 0 amide bonds. The molecule has 0 bridgehead atoms. The zero-order valence-electron chi connectivity index (χ0n) is 11.2. The summed E-state index contributed by atoms with van der Waals surface area (Å²) in [5.41, 5.74) is 1.32. The van der Waals surface area contributed by atoms with Gasteiger partial charge in [-0.1, -0.05) is 24.3 Å². The third kappa shape index (κ3) is 4.87. The monoisotopic (exact) mass is 282 g/mol. The Balaban J connectivity index is 2.50.